The van der Waals surface area contributed by atoms with Gasteiger partial charge in [0.15, 0.2) is 17.4 Å². The van der Waals surface area contributed by atoms with Crippen molar-refractivity contribution in [1.29, 1.82) is 0 Å². The Bertz CT molecular complexity index is 1690. The number of aromatic amines is 1. The van der Waals surface area contributed by atoms with Crippen LogP contribution < -0.4 is 16.6 Å². The second-order valence-electron chi connectivity index (χ2n) is 8.36. The third-order valence-electron chi connectivity index (χ3n) is 5.48. The molecule has 1 fully saturated rings. The zero-order valence-electron chi connectivity index (χ0n) is 21.0. The SMILES string of the molecule is CNc1ccccc1C(=O)OP(=O)(OC[C@H]1O[C@@H](n2cnc3c(=O)[nH]c(N)nc32)[C@H](O)[C@@H]1O)OP(=O)(O)OP(=O)(O)O. The minimum Gasteiger partial charge on any atom is -0.387 e. The molecule has 1 saturated heterocycles. The summed E-state index contributed by atoms with van der Waals surface area (Å²) in [5.74, 6) is -1.74. The average molecular weight is 656 g/mol. The molecule has 230 valence electrons. The van der Waals surface area contributed by atoms with Crippen LogP contribution in [0.3, 0.4) is 0 Å². The number of aliphatic hydroxyl groups excluding tert-OH is 2. The predicted octanol–water partition coefficient (Wildman–Crippen LogP) is -0.429. The number of para-hydroxylation sites is 1. The second kappa shape index (κ2) is 11.9. The number of nitrogens with two attached hydrogens (primary N) is 1. The lowest BCUT2D eigenvalue weighted by molar-refractivity contribution is -0.0507. The maximum absolute atomic E-state index is 13.4. The molecule has 2 aromatic heterocycles. The molecule has 2 unspecified atom stereocenters. The van der Waals surface area contributed by atoms with E-state index in [4.69, 9.17) is 29.3 Å². The molecule has 42 heavy (non-hydrogen) atoms. The van der Waals surface area contributed by atoms with Crippen molar-refractivity contribution in [1.82, 2.24) is 19.5 Å². The van der Waals surface area contributed by atoms with Crippen molar-refractivity contribution in [2.24, 2.45) is 0 Å². The summed E-state index contributed by atoms with van der Waals surface area (Å²) in [7, 11) is -15.9. The number of ether oxygens (including phenoxy) is 1. The Morgan fingerprint density at radius 1 is 1.17 bits per heavy atom. The van der Waals surface area contributed by atoms with Gasteiger partial charge in [-0.05, 0) is 12.1 Å². The molecule has 0 saturated carbocycles. The summed E-state index contributed by atoms with van der Waals surface area (Å²) in [5.41, 5.74) is 4.39. The van der Waals surface area contributed by atoms with Gasteiger partial charge < -0.3 is 45.2 Å². The molecule has 1 aromatic carbocycles. The van der Waals surface area contributed by atoms with E-state index in [0.717, 1.165) is 10.9 Å². The Hall–Kier alpha value is -3.03. The molecule has 1 aliphatic heterocycles. The summed E-state index contributed by atoms with van der Waals surface area (Å²) in [6.07, 6.45) is -5.65. The maximum atomic E-state index is 13.4. The molecule has 6 atom stereocenters. The molecule has 0 radical (unpaired) electrons. The summed E-state index contributed by atoms with van der Waals surface area (Å²) in [4.78, 5) is 62.3. The monoisotopic (exact) mass is 656 g/mol. The number of H-pyrrole nitrogens is 1. The number of nitrogens with zero attached hydrogens (tertiary/aromatic N) is 3. The molecule has 0 bridgehead atoms. The Morgan fingerprint density at radius 2 is 1.86 bits per heavy atom. The number of aliphatic hydroxyl groups is 2. The second-order valence-corrected chi connectivity index (χ2v) is 12.9. The summed E-state index contributed by atoms with van der Waals surface area (Å²) in [6, 6.07) is 5.53. The zero-order chi connectivity index (χ0) is 31.0. The maximum Gasteiger partial charge on any atom is 0.541 e. The number of benzene rings is 1. The molecule has 4 rings (SSSR count). The smallest absolute Gasteiger partial charge is 0.387 e. The minimum absolute atomic E-state index is 0.143. The van der Waals surface area contributed by atoms with Gasteiger partial charge in [-0.1, -0.05) is 12.1 Å². The van der Waals surface area contributed by atoms with Crippen LogP contribution in [-0.4, -0.2) is 82.3 Å². The molecule has 9 N–H and O–H groups in total. The van der Waals surface area contributed by atoms with Gasteiger partial charge in [-0.3, -0.25) is 18.9 Å². The van der Waals surface area contributed by atoms with E-state index in [1.807, 2.05) is 0 Å². The van der Waals surface area contributed by atoms with E-state index in [9.17, 15) is 38.4 Å². The first-order valence-electron chi connectivity index (χ1n) is 11.3. The highest BCUT2D eigenvalue weighted by Gasteiger charge is 2.49. The fraction of sp³-hybridized carbons (Fsp3) is 0.333. The number of phosphoric acid groups is 3. The van der Waals surface area contributed by atoms with E-state index in [0.29, 0.717) is 0 Å². The van der Waals surface area contributed by atoms with Crippen molar-refractivity contribution in [2.75, 3.05) is 24.7 Å². The lowest BCUT2D eigenvalue weighted by Crippen LogP contribution is -2.33. The highest BCUT2D eigenvalue weighted by Crippen LogP contribution is 2.68. The fourth-order valence-corrected chi connectivity index (χ4v) is 7.24. The fourth-order valence-electron chi connectivity index (χ4n) is 3.76. The van der Waals surface area contributed by atoms with Gasteiger partial charge in [0.1, 0.15) is 18.3 Å². The summed E-state index contributed by atoms with van der Waals surface area (Å²) in [6.45, 7) is -1.08. The van der Waals surface area contributed by atoms with Crippen molar-refractivity contribution in [3.63, 3.8) is 0 Å². The van der Waals surface area contributed by atoms with Crippen LogP contribution in [0, 0.1) is 0 Å². The van der Waals surface area contributed by atoms with E-state index in [1.54, 1.807) is 0 Å². The van der Waals surface area contributed by atoms with Crippen molar-refractivity contribution in [2.45, 2.75) is 24.5 Å². The Balaban J connectivity index is 1.58. The molecular formula is C18H23N6O15P3. The molecule has 0 spiro atoms. The van der Waals surface area contributed by atoms with Crippen LogP contribution in [0.1, 0.15) is 16.6 Å². The van der Waals surface area contributed by atoms with Crippen LogP contribution in [0.4, 0.5) is 11.6 Å². The number of nitrogen functional groups attached to an aromatic ring is 1. The Morgan fingerprint density at radius 3 is 2.52 bits per heavy atom. The minimum atomic E-state index is -5.94. The topological polar surface area (TPSA) is 317 Å². The number of hydrogen-bond donors (Lipinski definition) is 8. The number of aromatic nitrogens is 4. The number of rotatable bonds is 11. The lowest BCUT2D eigenvalue weighted by atomic mass is 10.1. The van der Waals surface area contributed by atoms with Crippen LogP contribution in [0.25, 0.3) is 11.2 Å². The number of imidazole rings is 1. The molecule has 3 heterocycles. The van der Waals surface area contributed by atoms with E-state index >= 15 is 0 Å². The van der Waals surface area contributed by atoms with Crippen LogP contribution in [0.2, 0.25) is 0 Å². The van der Waals surface area contributed by atoms with Crippen LogP contribution >= 0.6 is 23.5 Å². The van der Waals surface area contributed by atoms with E-state index in [2.05, 4.69) is 28.9 Å². The number of nitrogens with one attached hydrogen (secondary N) is 2. The first-order valence-corrected chi connectivity index (χ1v) is 15.8. The molecule has 1 aliphatic rings. The normalized spacial score (nSPS) is 23.8. The Labute approximate surface area is 233 Å². The first kappa shape index (κ1) is 31.9. The number of carbonyl (C=O) groups excluding carboxylic acids is 1. The molecule has 24 heteroatoms. The standard InChI is InChI=1S/C18H23N6O15P3/c1-20-9-5-3-2-4-8(9)17(28)37-42(34,39-41(32,33)38-40(29,30)31)35-6-10-12(25)13(26)16(36-10)24-7-21-11-14(24)22-18(19)23-15(11)27/h2-5,7,10,12-13,16,20,25-26H,6H2,1H3,(H,32,33)(H2,29,30,31)(H3,19,22,23,27)/t10-,12-,13-,16-,42?/m1/s1. The quantitative estimate of drug-likeness (QED) is 0.121. The molecule has 0 aliphatic carbocycles. The molecule has 0 amide bonds. The van der Waals surface area contributed by atoms with Gasteiger partial charge in [0.2, 0.25) is 5.95 Å². The van der Waals surface area contributed by atoms with Crippen LogP contribution in [-0.2, 0) is 36.1 Å². The van der Waals surface area contributed by atoms with E-state index < -0.39 is 66.1 Å². The van der Waals surface area contributed by atoms with Gasteiger partial charge in [0.05, 0.1) is 18.5 Å². The molecule has 3 aromatic rings. The van der Waals surface area contributed by atoms with Crippen molar-refractivity contribution < 1.29 is 65.8 Å². The van der Waals surface area contributed by atoms with Gasteiger partial charge in [-0.15, -0.1) is 0 Å². The molecular weight excluding hydrogens is 633 g/mol. The third-order valence-corrected chi connectivity index (χ3v) is 9.64. The van der Waals surface area contributed by atoms with Gasteiger partial charge in [0.25, 0.3) is 5.56 Å². The predicted molar refractivity (Wildman–Crippen MR) is 137 cm³/mol. The van der Waals surface area contributed by atoms with Crippen molar-refractivity contribution in [3.05, 3.63) is 46.5 Å². The van der Waals surface area contributed by atoms with Crippen molar-refractivity contribution >= 4 is 52.2 Å². The van der Waals surface area contributed by atoms with Crippen LogP contribution in [0.5, 0.6) is 0 Å². The van der Waals surface area contributed by atoms with Gasteiger partial charge in [-0.2, -0.15) is 13.6 Å². The number of phosphoric ester groups is 1. The highest BCUT2D eigenvalue weighted by atomic mass is 31.3. The largest absolute Gasteiger partial charge is 0.541 e. The third kappa shape index (κ3) is 7.12. The summed E-state index contributed by atoms with van der Waals surface area (Å²) in [5, 5.41) is 23.8. The summed E-state index contributed by atoms with van der Waals surface area (Å²) >= 11 is 0. The number of carbonyl (C=O) groups is 1. The number of fused-ring (bicyclic) bond motifs is 1. The number of hydrogen-bond acceptors (Lipinski definition) is 16. The van der Waals surface area contributed by atoms with Gasteiger partial charge in [0, 0.05) is 12.7 Å². The Kier molecular flexibility index (Phi) is 9.06. The lowest BCUT2D eigenvalue weighted by Gasteiger charge is -2.22. The first-order chi connectivity index (χ1) is 19.5. The van der Waals surface area contributed by atoms with Gasteiger partial charge >= 0.3 is 29.4 Å². The molecule has 21 nitrogen and oxygen atoms in total. The number of anilines is 2. The average Bonchev–Trinajstić information content (AvgIpc) is 3.41. The zero-order valence-corrected chi connectivity index (χ0v) is 23.7. The van der Waals surface area contributed by atoms with E-state index in [1.165, 1.54) is 31.3 Å². The van der Waals surface area contributed by atoms with Crippen LogP contribution in [0.15, 0.2) is 35.4 Å². The van der Waals surface area contributed by atoms with Crippen molar-refractivity contribution in [3.8, 4) is 0 Å². The summed E-state index contributed by atoms with van der Waals surface area (Å²) < 4.78 is 60.7. The highest BCUT2D eigenvalue weighted by molar-refractivity contribution is 7.67. The van der Waals surface area contributed by atoms with E-state index in [-0.39, 0.29) is 28.4 Å². The van der Waals surface area contributed by atoms with Gasteiger partial charge in [-0.25, -0.2) is 23.5 Å².